The van der Waals surface area contributed by atoms with Crippen LogP contribution in [-0.4, -0.2) is 5.55 Å². The van der Waals surface area contributed by atoms with E-state index in [-0.39, 0.29) is 0 Å². The highest BCUT2D eigenvalue weighted by molar-refractivity contribution is 8.14. The van der Waals surface area contributed by atoms with Crippen molar-refractivity contribution in [2.75, 3.05) is 0 Å². The Balaban J connectivity index is 2.32. The molecule has 26 valence electrons. The van der Waals surface area contributed by atoms with Gasteiger partial charge in [0.2, 0.25) is 0 Å². The van der Waals surface area contributed by atoms with Crippen molar-refractivity contribution in [2.45, 2.75) is 0 Å². The van der Waals surface area contributed by atoms with Crippen LogP contribution in [-0.2, 0) is 0 Å². The van der Waals surface area contributed by atoms with Gasteiger partial charge in [-0.1, -0.05) is 11.8 Å². The summed E-state index contributed by atoms with van der Waals surface area (Å²) in [5, 5.41) is 3.56. The molecule has 0 saturated carbocycles. The van der Waals surface area contributed by atoms with Crippen molar-refractivity contribution in [1.29, 1.82) is 0 Å². The summed E-state index contributed by atoms with van der Waals surface area (Å²) in [6, 6.07) is 0. The molecule has 5 heavy (non-hydrogen) atoms. The van der Waals surface area contributed by atoms with Crippen molar-refractivity contribution >= 4 is 17.3 Å². The largest absolute Gasteiger partial charge is 0.286 e. The lowest BCUT2D eigenvalue weighted by molar-refractivity contribution is 0.969. The maximum Gasteiger partial charge on any atom is 0.180 e. The Morgan fingerprint density at radius 1 is 2.00 bits per heavy atom. The molecule has 1 aliphatic rings. The third-order valence-corrected chi connectivity index (χ3v) is 0.694. The average molecular weight is 86.1 g/mol. The summed E-state index contributed by atoms with van der Waals surface area (Å²) in [6.45, 7) is 0. The molecule has 0 aromatic rings. The fourth-order valence-electron chi connectivity index (χ4n) is 0.132. The van der Waals surface area contributed by atoms with Gasteiger partial charge in [-0.15, -0.1) is 0 Å². The third kappa shape index (κ3) is 0.545. The molecule has 2 nitrogen and oxygen atoms in total. The van der Waals surface area contributed by atoms with Crippen molar-refractivity contribution in [3.05, 3.63) is 5.88 Å². The van der Waals surface area contributed by atoms with Gasteiger partial charge >= 0.3 is 0 Å². The van der Waals surface area contributed by atoms with E-state index in [1.54, 1.807) is 5.55 Å². The molecule has 1 aliphatic heterocycles. The summed E-state index contributed by atoms with van der Waals surface area (Å²) in [6.07, 6.45) is 0. The fraction of sp³-hybridized carbons (Fsp3) is 0. The highest BCUT2D eigenvalue weighted by atomic mass is 32.2. The van der Waals surface area contributed by atoms with E-state index in [0.29, 0.717) is 0 Å². The maximum atomic E-state index is 3.56. The SMILES string of the molecule is [C]1NN=CS1. The van der Waals surface area contributed by atoms with E-state index < -0.39 is 0 Å². The average Bonchev–Trinajstić information content (AvgIpc) is 1.76. The van der Waals surface area contributed by atoms with Gasteiger partial charge in [0.05, 0.1) is 5.55 Å². The summed E-state index contributed by atoms with van der Waals surface area (Å²) in [5.74, 6) is 2.67. The van der Waals surface area contributed by atoms with E-state index in [2.05, 4.69) is 16.4 Å². The normalized spacial score (nSPS) is 19.2. The zero-order valence-corrected chi connectivity index (χ0v) is 3.25. The molecule has 3 heteroatoms. The number of hydrazone groups is 1. The molecule has 0 aromatic carbocycles. The summed E-state index contributed by atoms with van der Waals surface area (Å²) < 4.78 is 0. The van der Waals surface area contributed by atoms with E-state index in [4.69, 9.17) is 0 Å². The number of hydrogen-bond acceptors (Lipinski definition) is 3. The van der Waals surface area contributed by atoms with E-state index in [9.17, 15) is 0 Å². The molecule has 1 rings (SSSR count). The first-order valence-electron chi connectivity index (χ1n) is 1.17. The van der Waals surface area contributed by atoms with E-state index in [1.165, 1.54) is 11.8 Å². The van der Waals surface area contributed by atoms with Crippen LogP contribution in [0.3, 0.4) is 0 Å². The van der Waals surface area contributed by atoms with Crippen LogP contribution in [0.25, 0.3) is 0 Å². The second kappa shape index (κ2) is 1.31. The summed E-state index contributed by atoms with van der Waals surface area (Å²) in [5.41, 5.74) is 4.19. The van der Waals surface area contributed by atoms with Gasteiger partial charge < -0.3 is 0 Å². The highest BCUT2D eigenvalue weighted by Crippen LogP contribution is 2.00. The van der Waals surface area contributed by atoms with Crippen molar-refractivity contribution in [1.82, 2.24) is 5.43 Å². The number of nitrogens with one attached hydrogen (secondary N) is 1. The van der Waals surface area contributed by atoms with E-state index in [1.807, 2.05) is 0 Å². The molecule has 0 saturated heterocycles. The molecule has 1 N–H and O–H groups in total. The van der Waals surface area contributed by atoms with Crippen LogP contribution in [0.4, 0.5) is 0 Å². The highest BCUT2D eigenvalue weighted by Gasteiger charge is 1.86. The molecule has 0 aliphatic carbocycles. The first kappa shape index (κ1) is 3.03. The van der Waals surface area contributed by atoms with Crippen molar-refractivity contribution in [3.63, 3.8) is 0 Å². The maximum absolute atomic E-state index is 3.56. The number of hydrogen-bond donors (Lipinski definition) is 1. The third-order valence-electron chi connectivity index (χ3n) is 0.275. The van der Waals surface area contributed by atoms with Crippen molar-refractivity contribution in [2.24, 2.45) is 5.10 Å². The van der Waals surface area contributed by atoms with Crippen LogP contribution in [0.15, 0.2) is 5.10 Å². The molecule has 1 heterocycles. The van der Waals surface area contributed by atoms with Crippen LogP contribution >= 0.6 is 11.8 Å². The molecule has 0 spiro atoms. The van der Waals surface area contributed by atoms with Crippen LogP contribution in [0.5, 0.6) is 0 Å². The van der Waals surface area contributed by atoms with Gasteiger partial charge in [0.1, 0.15) is 0 Å². The molecular weight excluding hydrogens is 84.1 g/mol. The Labute approximate surface area is 34.6 Å². The molecule has 2 radical (unpaired) electrons. The Kier molecular flexibility index (Phi) is 0.792. The Bertz CT molecular complexity index is 45.6. The summed E-state index contributed by atoms with van der Waals surface area (Å²) >= 11 is 1.42. The van der Waals surface area contributed by atoms with Crippen LogP contribution in [0, 0.1) is 5.88 Å². The van der Waals surface area contributed by atoms with Gasteiger partial charge in [0.25, 0.3) is 0 Å². The topological polar surface area (TPSA) is 24.4 Å². The van der Waals surface area contributed by atoms with Gasteiger partial charge in [-0.05, 0) is 0 Å². The van der Waals surface area contributed by atoms with E-state index >= 15 is 0 Å². The standard InChI is InChI=1S/C2H2N2S/c1-3-4-2-5-1/h1,4H. The lowest BCUT2D eigenvalue weighted by Gasteiger charge is -1.71. The zero-order chi connectivity index (χ0) is 3.54. The predicted octanol–water partition coefficient (Wildman–Crippen LogP) is 0.262. The van der Waals surface area contributed by atoms with Gasteiger partial charge in [-0.25, -0.2) is 0 Å². The minimum absolute atomic E-state index is 1.42. The lowest BCUT2D eigenvalue weighted by atomic mass is 11.5. The van der Waals surface area contributed by atoms with Crippen molar-refractivity contribution in [3.8, 4) is 0 Å². The predicted molar refractivity (Wildman–Crippen MR) is 22.5 cm³/mol. The molecular formula is C2H2N2S. The van der Waals surface area contributed by atoms with Crippen LogP contribution < -0.4 is 5.43 Å². The first-order valence-corrected chi connectivity index (χ1v) is 2.05. The van der Waals surface area contributed by atoms with Gasteiger partial charge in [0, 0.05) is 0 Å². The number of thioether (sulfide) groups is 1. The minimum atomic E-state index is 1.42. The molecule has 0 fully saturated rings. The molecule has 0 bridgehead atoms. The fourth-order valence-corrected chi connectivity index (χ4v) is 0.395. The molecule has 0 unspecified atom stereocenters. The van der Waals surface area contributed by atoms with Crippen molar-refractivity contribution < 1.29 is 0 Å². The second-order valence-electron chi connectivity index (χ2n) is 0.566. The zero-order valence-electron chi connectivity index (χ0n) is 2.43. The molecule has 0 aromatic heterocycles. The van der Waals surface area contributed by atoms with Gasteiger partial charge in [0.15, 0.2) is 5.88 Å². The molecule has 0 atom stereocenters. The van der Waals surface area contributed by atoms with Crippen LogP contribution in [0.1, 0.15) is 0 Å². The second-order valence-corrected chi connectivity index (χ2v) is 1.22. The van der Waals surface area contributed by atoms with Gasteiger partial charge in [-0.3, -0.25) is 5.43 Å². The monoisotopic (exact) mass is 86.0 g/mol. The Morgan fingerprint density at radius 2 is 3.00 bits per heavy atom. The Hall–Kier alpha value is -0.180. The number of nitrogens with zero attached hydrogens (tertiary/aromatic N) is 1. The molecule has 0 amide bonds. The summed E-state index contributed by atoms with van der Waals surface area (Å²) in [4.78, 5) is 0. The van der Waals surface area contributed by atoms with E-state index in [0.717, 1.165) is 0 Å². The summed E-state index contributed by atoms with van der Waals surface area (Å²) in [7, 11) is 0. The van der Waals surface area contributed by atoms with Crippen LogP contribution in [0.2, 0.25) is 0 Å². The first-order chi connectivity index (χ1) is 2.50. The Morgan fingerprint density at radius 3 is 3.20 bits per heavy atom. The minimum Gasteiger partial charge on any atom is -0.286 e. The number of rotatable bonds is 0. The quantitative estimate of drug-likeness (QED) is 0.457. The van der Waals surface area contributed by atoms with Gasteiger partial charge in [-0.2, -0.15) is 5.10 Å². The smallest absolute Gasteiger partial charge is 0.180 e. The lowest BCUT2D eigenvalue weighted by Crippen LogP contribution is -1.86.